The third-order valence-electron chi connectivity index (χ3n) is 9.32. The Morgan fingerprint density at radius 2 is 1.77 bits per heavy atom. The highest BCUT2D eigenvalue weighted by Crippen LogP contribution is 2.47. The topological polar surface area (TPSA) is 146 Å². The molecule has 0 unspecified atom stereocenters. The van der Waals surface area contributed by atoms with Crippen LogP contribution in [0.1, 0.15) is 78.1 Å². The highest BCUT2D eigenvalue weighted by atomic mass is 32.2. The van der Waals surface area contributed by atoms with Crippen LogP contribution in [0, 0.1) is 11.6 Å². The van der Waals surface area contributed by atoms with E-state index < -0.39 is 32.7 Å². The van der Waals surface area contributed by atoms with Gasteiger partial charge in [-0.2, -0.15) is 0 Å². The highest BCUT2D eigenvalue weighted by Gasteiger charge is 2.37. The molecule has 2 aliphatic heterocycles. The summed E-state index contributed by atoms with van der Waals surface area (Å²) < 4.78 is 57.3. The molecule has 5 heterocycles. The molecule has 4 aromatic rings. The Morgan fingerprint density at radius 1 is 1.04 bits per heavy atom. The van der Waals surface area contributed by atoms with E-state index in [0.29, 0.717) is 58.2 Å². The maximum atomic E-state index is 15.4. The van der Waals surface area contributed by atoms with Crippen LogP contribution < -0.4 is 10.5 Å². The van der Waals surface area contributed by atoms with E-state index in [1.54, 1.807) is 36.5 Å². The summed E-state index contributed by atoms with van der Waals surface area (Å²) in [4.78, 5) is 48.3. The minimum Gasteiger partial charge on any atom is -0.481 e. The first-order valence-electron chi connectivity index (χ1n) is 16.0. The summed E-state index contributed by atoms with van der Waals surface area (Å²) in [5, 5.41) is 8.41. The number of nitrogens with zero attached hydrogens (tertiary/aromatic N) is 4. The van der Waals surface area contributed by atoms with Gasteiger partial charge < -0.3 is 24.5 Å². The van der Waals surface area contributed by atoms with Crippen molar-refractivity contribution in [3.63, 3.8) is 0 Å². The van der Waals surface area contributed by atoms with Gasteiger partial charge in [0.05, 0.1) is 23.7 Å². The number of amides is 1. The van der Waals surface area contributed by atoms with Gasteiger partial charge in [-0.3, -0.25) is 14.4 Å². The van der Waals surface area contributed by atoms with Crippen molar-refractivity contribution in [2.45, 2.75) is 63.2 Å². The summed E-state index contributed by atoms with van der Waals surface area (Å²) in [5.41, 5.74) is 2.64. The van der Waals surface area contributed by atoms with Crippen LogP contribution in [0.25, 0.3) is 22.0 Å². The van der Waals surface area contributed by atoms with Gasteiger partial charge in [0.15, 0.2) is 21.5 Å². The largest absolute Gasteiger partial charge is 0.481 e. The number of halogens is 2. The number of aromatic amines is 1. The number of carboxylic acid groups (broad SMARTS) is 1. The second-order valence-corrected chi connectivity index (χ2v) is 14.9. The summed E-state index contributed by atoms with van der Waals surface area (Å²) in [7, 11) is -2.09. The minimum atomic E-state index is -3.69. The Bertz CT molecular complexity index is 2090. The molecule has 3 aromatic heterocycles. The number of carbonyl (C=O) groups is 2. The van der Waals surface area contributed by atoms with Gasteiger partial charge in [-0.25, -0.2) is 22.2 Å². The zero-order valence-electron chi connectivity index (χ0n) is 26.8. The molecule has 11 nitrogen and oxygen atoms in total. The first-order chi connectivity index (χ1) is 22.8. The number of carboxylic acids is 1. The van der Waals surface area contributed by atoms with E-state index in [9.17, 15) is 27.2 Å². The molecule has 2 N–H and O–H groups in total. The van der Waals surface area contributed by atoms with Crippen molar-refractivity contribution < 1.29 is 31.9 Å². The molecule has 0 radical (unpaired) electrons. The number of rotatable bonds is 11. The third-order valence-corrected chi connectivity index (χ3v) is 10.8. The lowest BCUT2D eigenvalue weighted by molar-refractivity contribution is -0.137. The fraction of sp³-hybridized carbons (Fsp3) is 0.412. The molecule has 2 aliphatic rings. The van der Waals surface area contributed by atoms with Gasteiger partial charge in [-0.15, -0.1) is 0 Å². The van der Waals surface area contributed by atoms with Crippen molar-refractivity contribution in [1.29, 1.82) is 0 Å². The van der Waals surface area contributed by atoms with Gasteiger partial charge in [-0.1, -0.05) is 25.7 Å². The number of unbranched alkanes of at least 4 members (excludes halogenated alkanes) is 5. The number of sulfone groups is 1. The predicted molar refractivity (Wildman–Crippen MR) is 177 cm³/mol. The molecule has 6 rings (SSSR count). The molecule has 0 spiro atoms. The Hall–Kier alpha value is -4.59. The van der Waals surface area contributed by atoms with Crippen LogP contribution in [-0.4, -0.2) is 64.2 Å². The van der Waals surface area contributed by atoms with Gasteiger partial charge in [-0.05, 0) is 42.5 Å². The fourth-order valence-corrected chi connectivity index (χ4v) is 8.14. The molecule has 48 heavy (non-hydrogen) atoms. The second kappa shape index (κ2) is 13.1. The van der Waals surface area contributed by atoms with Crippen LogP contribution in [0.15, 0.2) is 41.6 Å². The number of fused-ring (bicyclic) bond motifs is 3. The van der Waals surface area contributed by atoms with Gasteiger partial charge in [0.2, 0.25) is 0 Å². The molecular formula is C34H37F2N5O6S. The summed E-state index contributed by atoms with van der Waals surface area (Å²) in [6.45, 7) is 0.658. The van der Waals surface area contributed by atoms with Crippen LogP contribution in [0.5, 0.6) is 0 Å². The number of hydrogen-bond acceptors (Lipinski definition) is 7. The van der Waals surface area contributed by atoms with Crippen molar-refractivity contribution in [1.82, 2.24) is 19.4 Å². The van der Waals surface area contributed by atoms with Crippen molar-refractivity contribution >= 4 is 44.1 Å². The van der Waals surface area contributed by atoms with Crippen molar-refractivity contribution in [3.05, 3.63) is 75.5 Å². The lowest BCUT2D eigenvalue weighted by atomic mass is 9.93. The average Bonchev–Trinajstić information content (AvgIpc) is 3.32. The Morgan fingerprint density at radius 3 is 2.48 bits per heavy atom. The normalized spacial score (nSPS) is 16.1. The zero-order chi connectivity index (χ0) is 34.3. The molecular weight excluding hydrogens is 644 g/mol. The average molecular weight is 682 g/mol. The molecule has 0 fully saturated rings. The number of pyridine rings is 2. The number of carbonyl (C=O) groups excluding carboxylic acids is 1. The number of aliphatic carboxylic acids is 1. The summed E-state index contributed by atoms with van der Waals surface area (Å²) >= 11 is 0. The van der Waals surface area contributed by atoms with E-state index >= 15 is 4.39 Å². The quantitative estimate of drug-likeness (QED) is 0.195. The van der Waals surface area contributed by atoms with E-state index in [0.717, 1.165) is 44.2 Å². The van der Waals surface area contributed by atoms with Crippen LogP contribution in [0.4, 0.5) is 20.3 Å². The maximum absolute atomic E-state index is 15.4. The Balaban J connectivity index is 1.44. The van der Waals surface area contributed by atoms with Gasteiger partial charge >= 0.3 is 5.97 Å². The fourth-order valence-electron chi connectivity index (χ4n) is 6.95. The molecule has 1 amide bonds. The monoisotopic (exact) mass is 681 g/mol. The van der Waals surface area contributed by atoms with Crippen LogP contribution in [0.2, 0.25) is 0 Å². The van der Waals surface area contributed by atoms with Gasteiger partial charge in [0.1, 0.15) is 11.3 Å². The lowest BCUT2D eigenvalue weighted by Gasteiger charge is -2.27. The number of aryl methyl sites for hydroxylation is 1. The highest BCUT2D eigenvalue weighted by molar-refractivity contribution is 7.90. The summed E-state index contributed by atoms with van der Waals surface area (Å²) in [5.74, 6) is -3.12. The number of anilines is 2. The van der Waals surface area contributed by atoms with Gasteiger partial charge in [0, 0.05) is 73.4 Å². The van der Waals surface area contributed by atoms with Crippen LogP contribution in [-0.2, 0) is 28.2 Å². The van der Waals surface area contributed by atoms with E-state index in [-0.39, 0.29) is 48.8 Å². The maximum Gasteiger partial charge on any atom is 0.303 e. The number of hydrogen-bond donors (Lipinski definition) is 2. The Kier molecular flexibility index (Phi) is 9.12. The standard InChI is InChI=1S/C34H37F2N5O6S/c1-39-19-25-22-14-23-24(33(44)40(12-10-28(23)48(2,46)47)11-8-6-4-3-5-7-9-29(42)43)15-27(22)41(32-26(36)13-21(35)17-38-32)18-20-16-37-31(30(20)25)34(39)45/h13-17,19,28,37H,3-12,18H2,1-2H3,(H,42,43)/t28-/m1/s1. The first-order valence-corrected chi connectivity index (χ1v) is 18.0. The van der Waals surface area contributed by atoms with Crippen molar-refractivity contribution in [2.75, 3.05) is 24.2 Å². The molecule has 0 saturated carbocycles. The zero-order valence-corrected chi connectivity index (χ0v) is 27.6. The number of benzene rings is 1. The van der Waals surface area contributed by atoms with Crippen molar-refractivity contribution in [3.8, 4) is 11.1 Å². The van der Waals surface area contributed by atoms with E-state index in [1.807, 2.05) is 0 Å². The molecule has 0 saturated heterocycles. The smallest absolute Gasteiger partial charge is 0.303 e. The molecule has 1 aromatic carbocycles. The van der Waals surface area contributed by atoms with E-state index in [1.165, 1.54) is 9.47 Å². The second-order valence-electron chi connectivity index (χ2n) is 12.7. The molecule has 0 aliphatic carbocycles. The van der Waals surface area contributed by atoms with Gasteiger partial charge in [0.25, 0.3) is 11.5 Å². The SMILES string of the molecule is Cn1cc2c3c(c[nH]c3c1=O)CN(c1ncc(F)cc1F)c1cc3c(cc1-2)[C@H](S(C)(=O)=O)CCN(CCCCCCCCC(=O)O)C3=O. The van der Waals surface area contributed by atoms with Crippen LogP contribution in [0.3, 0.4) is 0 Å². The summed E-state index contributed by atoms with van der Waals surface area (Å²) in [6, 6.07) is 3.98. The molecule has 0 bridgehead atoms. The number of nitrogens with one attached hydrogen (secondary N) is 1. The predicted octanol–water partition coefficient (Wildman–Crippen LogP) is 5.61. The third kappa shape index (κ3) is 6.32. The molecule has 254 valence electrons. The molecule has 1 atom stereocenters. The number of H-pyrrole nitrogens is 1. The van der Waals surface area contributed by atoms with E-state index in [2.05, 4.69) is 9.97 Å². The van der Waals surface area contributed by atoms with E-state index in [4.69, 9.17) is 5.11 Å². The first kappa shape index (κ1) is 33.3. The Labute approximate surface area is 276 Å². The molecule has 14 heteroatoms. The van der Waals surface area contributed by atoms with Crippen LogP contribution >= 0.6 is 0 Å². The summed E-state index contributed by atoms with van der Waals surface area (Å²) in [6.07, 6.45) is 10.4. The lowest BCUT2D eigenvalue weighted by Crippen LogP contribution is -2.32. The minimum absolute atomic E-state index is 0.0291. The number of aromatic nitrogens is 3. The van der Waals surface area contributed by atoms with Crippen molar-refractivity contribution in [2.24, 2.45) is 7.05 Å².